The van der Waals surface area contributed by atoms with E-state index in [0.717, 1.165) is 24.1 Å². The zero-order valence-electron chi connectivity index (χ0n) is 34.7. The molecule has 58 heavy (non-hydrogen) atoms. The molecule has 0 unspecified atom stereocenters. The lowest BCUT2D eigenvalue weighted by molar-refractivity contribution is -0.140. The number of rotatable bonds is 10. The average molecular weight is 799 g/mol. The van der Waals surface area contributed by atoms with E-state index in [9.17, 15) is 28.8 Å². The molecule has 312 valence electrons. The second kappa shape index (κ2) is 19.7. The first-order valence-corrected chi connectivity index (χ1v) is 20.2. The van der Waals surface area contributed by atoms with E-state index >= 15 is 0 Å². The molecule has 2 aliphatic heterocycles. The first kappa shape index (κ1) is 43.5. The van der Waals surface area contributed by atoms with Gasteiger partial charge in [-0.3, -0.25) is 28.8 Å². The SMILES string of the molecule is CCc1c(C)cc(C(=O)N[C@H]2Cc3ccc(cc3)OC[C@H](CC(C)C)NC(=O)CN(CC3CC3)C(=O)[C@@H](C)NC(=O)[C@H](Cc3ccc(OC)cc3)NC2=O)c(=O)n1C. The Labute approximate surface area is 340 Å². The highest BCUT2D eigenvalue weighted by Crippen LogP contribution is 2.30. The number of hydrogen-bond donors (Lipinski definition) is 4. The topological polar surface area (TPSA) is 177 Å². The zero-order valence-corrected chi connectivity index (χ0v) is 34.7. The molecule has 2 aromatic carbocycles. The van der Waals surface area contributed by atoms with Crippen LogP contribution in [-0.4, -0.2) is 90.0 Å². The summed E-state index contributed by atoms with van der Waals surface area (Å²) in [5, 5.41) is 11.5. The highest BCUT2D eigenvalue weighted by atomic mass is 16.5. The van der Waals surface area contributed by atoms with Crippen LogP contribution in [-0.2, 0) is 45.5 Å². The molecule has 3 aliphatic rings. The summed E-state index contributed by atoms with van der Waals surface area (Å²) in [6.45, 7) is 9.80. The molecule has 4 atom stereocenters. The van der Waals surface area contributed by atoms with Crippen LogP contribution in [0.25, 0.3) is 0 Å². The van der Waals surface area contributed by atoms with Gasteiger partial charge in [0.2, 0.25) is 23.6 Å². The van der Waals surface area contributed by atoms with Crippen LogP contribution in [0.15, 0.2) is 59.4 Å². The molecule has 1 saturated carbocycles. The molecular formula is C44H58N6O8. The van der Waals surface area contributed by atoms with Gasteiger partial charge in [0.15, 0.2) is 0 Å². The molecular weight excluding hydrogens is 741 g/mol. The predicted octanol–water partition coefficient (Wildman–Crippen LogP) is 3.00. The van der Waals surface area contributed by atoms with Crippen molar-refractivity contribution >= 4 is 29.5 Å². The van der Waals surface area contributed by atoms with Gasteiger partial charge in [0.1, 0.15) is 41.8 Å². The van der Waals surface area contributed by atoms with E-state index in [-0.39, 0.29) is 55.3 Å². The van der Waals surface area contributed by atoms with Crippen molar-refractivity contribution in [3.63, 3.8) is 0 Å². The van der Waals surface area contributed by atoms with Gasteiger partial charge in [0.25, 0.3) is 11.5 Å². The van der Waals surface area contributed by atoms with E-state index < -0.39 is 47.3 Å². The maximum atomic E-state index is 14.4. The summed E-state index contributed by atoms with van der Waals surface area (Å²) in [6, 6.07) is 11.8. The number of amides is 5. The summed E-state index contributed by atoms with van der Waals surface area (Å²) in [5.41, 5.74) is 2.31. The third-order valence-corrected chi connectivity index (χ3v) is 10.7. The molecule has 3 heterocycles. The molecule has 0 radical (unpaired) electrons. The minimum absolute atomic E-state index is 0.0120. The van der Waals surface area contributed by atoms with Crippen LogP contribution in [0.2, 0.25) is 0 Å². The molecule has 3 aromatic rings. The number of aryl methyl sites for hydroxylation is 1. The number of nitrogens with zero attached hydrogens (tertiary/aromatic N) is 2. The first-order chi connectivity index (χ1) is 27.6. The van der Waals surface area contributed by atoms with Gasteiger partial charge in [-0.25, -0.2) is 0 Å². The lowest BCUT2D eigenvalue weighted by Crippen LogP contribution is -2.58. The maximum Gasteiger partial charge on any atom is 0.263 e. The van der Waals surface area contributed by atoms with E-state index in [0.29, 0.717) is 42.0 Å². The second-order valence-electron chi connectivity index (χ2n) is 16.0. The van der Waals surface area contributed by atoms with Crippen LogP contribution in [0.3, 0.4) is 0 Å². The van der Waals surface area contributed by atoms with Gasteiger partial charge in [0.05, 0.1) is 19.7 Å². The van der Waals surface area contributed by atoms with Crippen molar-refractivity contribution in [1.82, 2.24) is 30.7 Å². The van der Waals surface area contributed by atoms with Gasteiger partial charge in [-0.2, -0.15) is 0 Å². The van der Waals surface area contributed by atoms with Gasteiger partial charge in [-0.15, -0.1) is 0 Å². The first-order valence-electron chi connectivity index (χ1n) is 20.2. The standard InChI is InChI=1S/C44H58N6O8/c1-8-38-27(4)20-35(44(56)49(38)6)40(52)47-37-22-30-13-17-34(18-14-30)58-25-32(19-26(2)3)46-39(51)24-50(23-31-9-10-31)43(55)28(5)45-41(53)36(48-42(37)54)21-29-11-15-33(57-7)16-12-29/h11-18,20,26,28,31-32,36-37H,8-10,19,21-25H2,1-7H3,(H,45,53)(H,46,51)(H,47,52)(H,48,54)/t28-,32+,36+,37+/m1/s1. The van der Waals surface area contributed by atoms with Gasteiger partial charge < -0.3 is 40.2 Å². The predicted molar refractivity (Wildman–Crippen MR) is 220 cm³/mol. The molecule has 14 heteroatoms. The zero-order chi connectivity index (χ0) is 42.1. The minimum Gasteiger partial charge on any atom is -0.497 e. The number of benzene rings is 2. The van der Waals surface area contributed by atoms with E-state index in [2.05, 4.69) is 35.1 Å². The molecule has 14 nitrogen and oxygen atoms in total. The fraction of sp³-hybridized carbons (Fsp3) is 0.500. The lowest BCUT2D eigenvalue weighted by Gasteiger charge is -2.29. The normalized spacial score (nSPS) is 21.1. The van der Waals surface area contributed by atoms with Gasteiger partial charge in [-0.1, -0.05) is 45.0 Å². The quantitative estimate of drug-likeness (QED) is 0.227. The lowest BCUT2D eigenvalue weighted by atomic mass is 10.0. The number of carbonyl (C=O) groups is 5. The van der Waals surface area contributed by atoms with Crippen LogP contribution >= 0.6 is 0 Å². The number of aromatic nitrogens is 1. The van der Waals surface area contributed by atoms with Gasteiger partial charge >= 0.3 is 0 Å². The highest BCUT2D eigenvalue weighted by Gasteiger charge is 2.34. The number of carbonyl (C=O) groups excluding carboxylic acids is 5. The Morgan fingerprint density at radius 2 is 1.66 bits per heavy atom. The fourth-order valence-corrected chi connectivity index (χ4v) is 7.36. The smallest absolute Gasteiger partial charge is 0.263 e. The van der Waals surface area contributed by atoms with E-state index in [1.54, 1.807) is 69.6 Å². The largest absolute Gasteiger partial charge is 0.497 e. The summed E-state index contributed by atoms with van der Waals surface area (Å²) in [5.74, 6) is -1.11. The summed E-state index contributed by atoms with van der Waals surface area (Å²) in [7, 11) is 3.15. The summed E-state index contributed by atoms with van der Waals surface area (Å²) in [4.78, 5) is 84.6. The molecule has 1 fully saturated rings. The Balaban J connectivity index is 1.51. The average Bonchev–Trinajstić information content (AvgIpc) is 4.01. The molecule has 5 amide bonds. The van der Waals surface area contributed by atoms with Crippen molar-refractivity contribution in [3.8, 4) is 11.5 Å². The highest BCUT2D eigenvalue weighted by molar-refractivity contribution is 5.99. The number of nitrogens with one attached hydrogen (secondary N) is 4. The second-order valence-corrected chi connectivity index (χ2v) is 16.0. The summed E-state index contributed by atoms with van der Waals surface area (Å²) in [6.07, 6.45) is 3.18. The number of methoxy groups -OCH3 is 1. The molecule has 4 N–H and O–H groups in total. The van der Waals surface area contributed by atoms with Crippen LogP contribution in [0.4, 0.5) is 0 Å². The van der Waals surface area contributed by atoms with Crippen LogP contribution in [0.5, 0.6) is 11.5 Å². The van der Waals surface area contributed by atoms with Crippen molar-refractivity contribution in [2.24, 2.45) is 18.9 Å². The van der Waals surface area contributed by atoms with Crippen molar-refractivity contribution < 1.29 is 33.4 Å². The fourth-order valence-electron chi connectivity index (χ4n) is 7.36. The number of hydrogen-bond acceptors (Lipinski definition) is 8. The third kappa shape index (κ3) is 11.7. The van der Waals surface area contributed by atoms with E-state index in [1.807, 2.05) is 13.8 Å². The van der Waals surface area contributed by atoms with Crippen molar-refractivity contribution in [1.29, 1.82) is 0 Å². The third-order valence-electron chi connectivity index (χ3n) is 10.7. The Bertz CT molecular complexity index is 2010. The van der Waals surface area contributed by atoms with Crippen LogP contribution < -0.4 is 36.3 Å². The molecule has 1 aromatic heterocycles. The Morgan fingerprint density at radius 3 is 2.28 bits per heavy atom. The Morgan fingerprint density at radius 1 is 0.966 bits per heavy atom. The number of fused-ring (bicyclic) bond motifs is 17. The Kier molecular flexibility index (Phi) is 14.7. The molecule has 0 saturated heterocycles. The van der Waals surface area contributed by atoms with Crippen molar-refractivity contribution in [3.05, 3.63) is 92.9 Å². The maximum absolute atomic E-state index is 14.4. The minimum atomic E-state index is -1.22. The monoisotopic (exact) mass is 798 g/mol. The van der Waals surface area contributed by atoms with Gasteiger partial charge in [-0.05, 0) is 98.4 Å². The molecule has 1 aliphatic carbocycles. The molecule has 2 bridgehead atoms. The number of pyridine rings is 1. The van der Waals surface area contributed by atoms with Crippen LogP contribution in [0, 0.1) is 18.8 Å². The Hall–Kier alpha value is -5.66. The van der Waals surface area contributed by atoms with E-state index in [4.69, 9.17) is 9.47 Å². The van der Waals surface area contributed by atoms with Crippen molar-refractivity contribution in [2.45, 2.75) is 97.3 Å². The summed E-state index contributed by atoms with van der Waals surface area (Å²) < 4.78 is 12.9. The van der Waals surface area contributed by atoms with Gasteiger partial charge in [0, 0.05) is 32.1 Å². The van der Waals surface area contributed by atoms with Crippen LogP contribution in [0.1, 0.15) is 79.7 Å². The summed E-state index contributed by atoms with van der Waals surface area (Å²) >= 11 is 0. The van der Waals surface area contributed by atoms with E-state index in [1.165, 1.54) is 15.5 Å². The molecule has 6 rings (SSSR count). The number of ether oxygens (including phenoxy) is 2. The molecule has 0 spiro atoms. The van der Waals surface area contributed by atoms with Crippen molar-refractivity contribution in [2.75, 3.05) is 26.8 Å².